The summed E-state index contributed by atoms with van der Waals surface area (Å²) in [7, 11) is 0. The number of benzene rings is 2. The Bertz CT molecular complexity index is 957. The molecule has 152 valence electrons. The summed E-state index contributed by atoms with van der Waals surface area (Å²) in [6.45, 7) is 0.317. The van der Waals surface area contributed by atoms with Crippen LogP contribution in [0.3, 0.4) is 0 Å². The van der Waals surface area contributed by atoms with Crippen molar-refractivity contribution in [1.82, 2.24) is 9.55 Å². The fraction of sp³-hybridized carbons (Fsp3) is 0.200. The van der Waals surface area contributed by atoms with E-state index in [1.165, 1.54) is 23.9 Å². The number of anilines is 1. The molecule has 0 aliphatic rings. The van der Waals surface area contributed by atoms with Crippen molar-refractivity contribution in [2.24, 2.45) is 0 Å². The number of carbonyl (C=O) groups excluding carboxylic acids is 1. The van der Waals surface area contributed by atoms with Crippen LogP contribution in [-0.2, 0) is 24.1 Å². The van der Waals surface area contributed by atoms with Gasteiger partial charge >= 0.3 is 6.18 Å². The molecule has 5 nitrogen and oxygen atoms in total. The number of hydrogen-bond acceptors (Lipinski definition) is 4. The molecule has 0 aliphatic carbocycles. The van der Waals surface area contributed by atoms with Gasteiger partial charge in [-0.2, -0.15) is 13.2 Å². The summed E-state index contributed by atoms with van der Waals surface area (Å²) >= 11 is 1.19. The molecule has 0 saturated carbocycles. The van der Waals surface area contributed by atoms with Crippen molar-refractivity contribution in [3.8, 4) is 0 Å². The highest BCUT2D eigenvalue weighted by Gasteiger charge is 2.30. The number of halogens is 3. The maximum absolute atomic E-state index is 12.6. The lowest BCUT2D eigenvalue weighted by Gasteiger charge is -2.11. The molecule has 9 heteroatoms. The molecule has 1 aromatic heterocycles. The first kappa shape index (κ1) is 20.9. The summed E-state index contributed by atoms with van der Waals surface area (Å²) in [5.41, 5.74) is 1.16. The zero-order chi connectivity index (χ0) is 20.9. The maximum atomic E-state index is 12.6. The van der Waals surface area contributed by atoms with Gasteiger partial charge in [0.1, 0.15) is 0 Å². The van der Waals surface area contributed by atoms with Crippen LogP contribution in [0.1, 0.15) is 16.8 Å². The Balaban J connectivity index is 1.62. The molecule has 0 spiro atoms. The molecule has 0 radical (unpaired) electrons. The molecule has 29 heavy (non-hydrogen) atoms. The summed E-state index contributed by atoms with van der Waals surface area (Å²) < 4.78 is 39.6. The number of thioether (sulfide) groups is 1. The Labute approximate surface area is 169 Å². The molecule has 0 fully saturated rings. The second-order valence-corrected chi connectivity index (χ2v) is 7.12. The van der Waals surface area contributed by atoms with E-state index in [4.69, 9.17) is 0 Å². The van der Waals surface area contributed by atoms with E-state index in [-0.39, 0.29) is 24.0 Å². The number of carbonyl (C=O) groups is 1. The molecule has 1 amide bonds. The second-order valence-electron chi connectivity index (χ2n) is 6.17. The Hall–Kier alpha value is -2.78. The summed E-state index contributed by atoms with van der Waals surface area (Å²) in [4.78, 5) is 16.4. The van der Waals surface area contributed by atoms with Gasteiger partial charge in [-0.3, -0.25) is 4.79 Å². The minimum Gasteiger partial charge on any atom is -0.390 e. The van der Waals surface area contributed by atoms with E-state index >= 15 is 0 Å². The number of alkyl halides is 3. The zero-order valence-corrected chi connectivity index (χ0v) is 16.0. The molecular formula is C20H18F3N3O2S. The van der Waals surface area contributed by atoms with E-state index in [9.17, 15) is 23.1 Å². The van der Waals surface area contributed by atoms with Gasteiger partial charge in [0.2, 0.25) is 5.91 Å². The van der Waals surface area contributed by atoms with E-state index < -0.39 is 11.7 Å². The Morgan fingerprint density at radius 2 is 1.79 bits per heavy atom. The van der Waals surface area contributed by atoms with Crippen LogP contribution < -0.4 is 5.32 Å². The minimum atomic E-state index is -4.42. The first-order valence-electron chi connectivity index (χ1n) is 8.66. The number of nitrogens with one attached hydrogen (secondary N) is 1. The van der Waals surface area contributed by atoms with Crippen LogP contribution in [0.5, 0.6) is 0 Å². The largest absolute Gasteiger partial charge is 0.416 e. The van der Waals surface area contributed by atoms with Crippen molar-refractivity contribution in [2.45, 2.75) is 24.5 Å². The second kappa shape index (κ2) is 9.15. The van der Waals surface area contributed by atoms with Gasteiger partial charge < -0.3 is 15.0 Å². The molecule has 0 unspecified atom stereocenters. The van der Waals surface area contributed by atoms with Crippen molar-refractivity contribution in [3.05, 3.63) is 77.6 Å². The first-order chi connectivity index (χ1) is 13.9. The monoisotopic (exact) mass is 421 g/mol. The van der Waals surface area contributed by atoms with Gasteiger partial charge in [0.05, 0.1) is 29.8 Å². The number of imidazole rings is 1. The summed E-state index contributed by atoms with van der Waals surface area (Å²) in [5.74, 6) is -0.341. The van der Waals surface area contributed by atoms with Gasteiger partial charge in [-0.05, 0) is 29.8 Å². The predicted molar refractivity (Wildman–Crippen MR) is 104 cm³/mol. The number of nitrogens with zero attached hydrogens (tertiary/aromatic N) is 2. The highest BCUT2D eigenvalue weighted by Crippen LogP contribution is 2.30. The lowest BCUT2D eigenvalue weighted by atomic mass is 10.2. The quantitative estimate of drug-likeness (QED) is 0.562. The smallest absolute Gasteiger partial charge is 0.390 e. The van der Waals surface area contributed by atoms with Gasteiger partial charge in [0, 0.05) is 12.2 Å². The van der Waals surface area contributed by atoms with Crippen LogP contribution in [0.2, 0.25) is 0 Å². The number of aliphatic hydroxyl groups excluding tert-OH is 1. The Kier molecular flexibility index (Phi) is 6.60. The predicted octanol–water partition coefficient (Wildman–Crippen LogP) is 4.17. The fourth-order valence-corrected chi connectivity index (χ4v) is 3.44. The Morgan fingerprint density at radius 1 is 1.10 bits per heavy atom. The molecule has 0 saturated heterocycles. The number of aliphatic hydroxyl groups is 1. The average molecular weight is 421 g/mol. The third-order valence-electron chi connectivity index (χ3n) is 4.08. The minimum absolute atomic E-state index is 0.0255. The highest BCUT2D eigenvalue weighted by molar-refractivity contribution is 7.99. The van der Waals surface area contributed by atoms with Gasteiger partial charge in [-0.1, -0.05) is 42.1 Å². The molecule has 2 aromatic carbocycles. The van der Waals surface area contributed by atoms with Gasteiger partial charge in [-0.15, -0.1) is 0 Å². The van der Waals surface area contributed by atoms with E-state index in [0.717, 1.165) is 17.7 Å². The van der Waals surface area contributed by atoms with Crippen LogP contribution in [-0.4, -0.2) is 26.3 Å². The van der Waals surface area contributed by atoms with Crippen molar-refractivity contribution < 1.29 is 23.1 Å². The van der Waals surface area contributed by atoms with Crippen molar-refractivity contribution in [3.63, 3.8) is 0 Å². The SMILES string of the molecule is O=C(CSc1ncc(CO)n1Cc1ccccc1)Nc1ccc(C(F)(F)F)cc1. The number of amides is 1. The molecule has 3 rings (SSSR count). The van der Waals surface area contributed by atoms with Gasteiger partial charge in [-0.25, -0.2) is 4.98 Å². The van der Waals surface area contributed by atoms with E-state index in [2.05, 4.69) is 10.3 Å². The number of aromatic nitrogens is 2. The molecule has 0 bridgehead atoms. The van der Waals surface area contributed by atoms with E-state index in [0.29, 0.717) is 17.4 Å². The van der Waals surface area contributed by atoms with Gasteiger partial charge in [0.15, 0.2) is 5.16 Å². The standard InChI is InChI=1S/C20H18F3N3O2S/c21-20(22,23)15-6-8-16(9-7-15)25-18(28)13-29-19-24-10-17(12-27)26(19)11-14-4-2-1-3-5-14/h1-10,27H,11-13H2,(H,25,28). The molecular weight excluding hydrogens is 403 g/mol. The first-order valence-corrected chi connectivity index (χ1v) is 9.64. The van der Waals surface area contributed by atoms with Crippen molar-refractivity contribution >= 4 is 23.4 Å². The van der Waals surface area contributed by atoms with E-state index in [1.54, 1.807) is 6.20 Å². The van der Waals surface area contributed by atoms with Gasteiger partial charge in [0.25, 0.3) is 0 Å². The van der Waals surface area contributed by atoms with Crippen LogP contribution in [0.25, 0.3) is 0 Å². The lowest BCUT2D eigenvalue weighted by Crippen LogP contribution is -2.15. The third kappa shape index (κ3) is 5.61. The molecule has 3 aromatic rings. The molecule has 0 aliphatic heterocycles. The highest BCUT2D eigenvalue weighted by atomic mass is 32.2. The van der Waals surface area contributed by atoms with Crippen molar-refractivity contribution in [2.75, 3.05) is 11.1 Å². The number of rotatable bonds is 7. The summed E-state index contributed by atoms with van der Waals surface area (Å²) in [6.07, 6.45) is -2.86. The molecule has 1 heterocycles. The fourth-order valence-electron chi connectivity index (χ4n) is 2.64. The summed E-state index contributed by atoms with van der Waals surface area (Å²) in [6, 6.07) is 13.9. The third-order valence-corrected chi connectivity index (χ3v) is 5.07. The molecule has 0 atom stereocenters. The lowest BCUT2D eigenvalue weighted by molar-refractivity contribution is -0.137. The number of hydrogen-bond donors (Lipinski definition) is 2. The van der Waals surface area contributed by atoms with Crippen molar-refractivity contribution in [1.29, 1.82) is 0 Å². The zero-order valence-electron chi connectivity index (χ0n) is 15.2. The maximum Gasteiger partial charge on any atom is 0.416 e. The van der Waals surface area contributed by atoms with Crippen LogP contribution in [0, 0.1) is 0 Å². The topological polar surface area (TPSA) is 67.1 Å². The van der Waals surface area contributed by atoms with E-state index in [1.807, 2.05) is 34.9 Å². The van der Waals surface area contributed by atoms with Crippen LogP contribution in [0.4, 0.5) is 18.9 Å². The van der Waals surface area contributed by atoms with Crippen LogP contribution in [0.15, 0.2) is 66.0 Å². The normalized spacial score (nSPS) is 11.4. The Morgan fingerprint density at radius 3 is 2.41 bits per heavy atom. The molecule has 2 N–H and O–H groups in total. The average Bonchev–Trinajstić information content (AvgIpc) is 3.08. The van der Waals surface area contributed by atoms with Crippen LogP contribution >= 0.6 is 11.8 Å². The summed E-state index contributed by atoms with van der Waals surface area (Å²) in [5, 5.41) is 12.7.